The van der Waals surface area contributed by atoms with Gasteiger partial charge in [-0.05, 0) is 56.4 Å². The van der Waals surface area contributed by atoms with Crippen molar-refractivity contribution in [1.82, 2.24) is 4.90 Å². The summed E-state index contributed by atoms with van der Waals surface area (Å²) < 4.78 is 0. The normalized spacial score (nSPS) is 40.1. The molecule has 0 aromatic rings. The quantitative estimate of drug-likeness (QED) is 0.739. The summed E-state index contributed by atoms with van der Waals surface area (Å²) in [5.41, 5.74) is 6.76. The van der Waals surface area contributed by atoms with Crippen molar-refractivity contribution in [2.45, 2.75) is 44.6 Å². The van der Waals surface area contributed by atoms with Crippen LogP contribution in [0, 0.1) is 11.3 Å². The Morgan fingerprint density at radius 2 is 2.00 bits per heavy atom. The first-order valence-corrected chi connectivity index (χ1v) is 6.24. The SMILES string of the molecule is NC1CCC(CCN2CC3(CC3)C2)C1. The Bertz CT molecular complexity index is 214. The third-order valence-electron chi connectivity index (χ3n) is 4.51. The maximum absolute atomic E-state index is 5.92. The van der Waals surface area contributed by atoms with Gasteiger partial charge in [0, 0.05) is 19.1 Å². The lowest BCUT2D eigenvalue weighted by molar-refractivity contribution is 0.0755. The highest BCUT2D eigenvalue weighted by molar-refractivity contribution is 5.05. The minimum Gasteiger partial charge on any atom is -0.328 e. The Kier molecular flexibility index (Phi) is 2.10. The molecule has 3 rings (SSSR count). The Balaban J connectivity index is 1.34. The Labute approximate surface area is 86.8 Å². The third-order valence-corrected chi connectivity index (χ3v) is 4.51. The van der Waals surface area contributed by atoms with Crippen LogP contribution in [0.1, 0.15) is 38.5 Å². The molecular formula is C12H22N2. The third kappa shape index (κ3) is 1.70. The van der Waals surface area contributed by atoms with E-state index in [1.54, 1.807) is 0 Å². The molecule has 14 heavy (non-hydrogen) atoms. The molecule has 2 atom stereocenters. The maximum Gasteiger partial charge on any atom is 0.00505 e. The molecule has 2 nitrogen and oxygen atoms in total. The Morgan fingerprint density at radius 3 is 2.57 bits per heavy atom. The number of likely N-dealkylation sites (tertiary alicyclic amines) is 1. The zero-order chi connectivity index (χ0) is 9.60. The first-order valence-electron chi connectivity index (χ1n) is 6.24. The number of hydrogen-bond donors (Lipinski definition) is 1. The van der Waals surface area contributed by atoms with E-state index in [9.17, 15) is 0 Å². The van der Waals surface area contributed by atoms with Crippen LogP contribution in [-0.4, -0.2) is 30.6 Å². The average molecular weight is 194 g/mol. The standard InChI is InChI=1S/C12H22N2/c13-11-2-1-10(7-11)3-6-14-8-12(9-14)4-5-12/h10-11H,1-9,13H2. The van der Waals surface area contributed by atoms with Gasteiger partial charge in [-0.2, -0.15) is 0 Å². The van der Waals surface area contributed by atoms with Gasteiger partial charge in [0.1, 0.15) is 0 Å². The van der Waals surface area contributed by atoms with Gasteiger partial charge in [-0.15, -0.1) is 0 Å². The van der Waals surface area contributed by atoms with Gasteiger partial charge in [-0.25, -0.2) is 0 Å². The molecule has 3 aliphatic rings. The molecule has 2 N–H and O–H groups in total. The van der Waals surface area contributed by atoms with Crippen LogP contribution in [0.2, 0.25) is 0 Å². The Hall–Kier alpha value is -0.0800. The van der Waals surface area contributed by atoms with Crippen molar-refractivity contribution in [3.05, 3.63) is 0 Å². The minimum absolute atomic E-state index is 0.520. The highest BCUT2D eigenvalue weighted by Crippen LogP contribution is 2.52. The van der Waals surface area contributed by atoms with E-state index in [0.29, 0.717) is 6.04 Å². The molecule has 2 aliphatic carbocycles. The molecule has 1 saturated heterocycles. The summed E-state index contributed by atoms with van der Waals surface area (Å²) in [5.74, 6) is 0.945. The van der Waals surface area contributed by atoms with E-state index in [-0.39, 0.29) is 0 Å². The van der Waals surface area contributed by atoms with E-state index in [2.05, 4.69) is 4.90 Å². The summed E-state index contributed by atoms with van der Waals surface area (Å²) in [6, 6.07) is 0.520. The van der Waals surface area contributed by atoms with Crippen LogP contribution >= 0.6 is 0 Å². The summed E-state index contributed by atoms with van der Waals surface area (Å²) in [6.07, 6.45) is 8.38. The van der Waals surface area contributed by atoms with Gasteiger partial charge in [-0.3, -0.25) is 0 Å². The topological polar surface area (TPSA) is 29.3 Å². The summed E-state index contributed by atoms with van der Waals surface area (Å²) in [7, 11) is 0. The number of nitrogens with two attached hydrogens (primary N) is 1. The number of nitrogens with zero attached hydrogens (tertiary/aromatic N) is 1. The fraction of sp³-hybridized carbons (Fsp3) is 1.00. The molecule has 2 unspecified atom stereocenters. The van der Waals surface area contributed by atoms with Crippen LogP contribution < -0.4 is 5.73 Å². The van der Waals surface area contributed by atoms with E-state index < -0.39 is 0 Å². The van der Waals surface area contributed by atoms with E-state index in [0.717, 1.165) is 11.3 Å². The van der Waals surface area contributed by atoms with E-state index in [1.807, 2.05) is 0 Å². The molecule has 0 aromatic carbocycles. The molecule has 1 spiro atoms. The van der Waals surface area contributed by atoms with E-state index in [1.165, 1.54) is 58.2 Å². The molecule has 1 heterocycles. The van der Waals surface area contributed by atoms with Crippen molar-refractivity contribution in [1.29, 1.82) is 0 Å². The molecule has 2 saturated carbocycles. The fourth-order valence-corrected chi connectivity index (χ4v) is 3.29. The summed E-state index contributed by atoms with van der Waals surface area (Å²) in [4.78, 5) is 2.65. The zero-order valence-corrected chi connectivity index (χ0v) is 9.04. The van der Waals surface area contributed by atoms with Crippen LogP contribution in [0.4, 0.5) is 0 Å². The molecule has 0 amide bonds. The van der Waals surface area contributed by atoms with Crippen LogP contribution in [0.25, 0.3) is 0 Å². The van der Waals surface area contributed by atoms with Crippen molar-refractivity contribution >= 4 is 0 Å². The lowest BCUT2D eigenvalue weighted by atomic mass is 9.95. The largest absolute Gasteiger partial charge is 0.328 e. The lowest BCUT2D eigenvalue weighted by Gasteiger charge is -2.40. The predicted octanol–water partition coefficient (Wildman–Crippen LogP) is 1.60. The second-order valence-corrected chi connectivity index (χ2v) is 5.94. The highest BCUT2D eigenvalue weighted by atomic mass is 15.2. The van der Waals surface area contributed by atoms with Gasteiger partial charge in [-0.1, -0.05) is 0 Å². The van der Waals surface area contributed by atoms with Crippen molar-refractivity contribution in [3.63, 3.8) is 0 Å². The van der Waals surface area contributed by atoms with Crippen LogP contribution in [0.15, 0.2) is 0 Å². The highest BCUT2D eigenvalue weighted by Gasteiger charge is 2.51. The summed E-state index contributed by atoms with van der Waals surface area (Å²) in [5, 5.41) is 0. The molecule has 0 aromatic heterocycles. The first kappa shape index (κ1) is 9.17. The summed E-state index contributed by atoms with van der Waals surface area (Å²) in [6.45, 7) is 4.16. The smallest absolute Gasteiger partial charge is 0.00505 e. The lowest BCUT2D eigenvalue weighted by Crippen LogP contribution is -2.48. The van der Waals surface area contributed by atoms with Crippen LogP contribution in [0.3, 0.4) is 0 Å². The maximum atomic E-state index is 5.92. The first-order chi connectivity index (χ1) is 6.76. The van der Waals surface area contributed by atoms with Gasteiger partial charge in [0.2, 0.25) is 0 Å². The molecule has 3 fully saturated rings. The van der Waals surface area contributed by atoms with Gasteiger partial charge < -0.3 is 10.6 Å². The van der Waals surface area contributed by atoms with Crippen LogP contribution in [-0.2, 0) is 0 Å². The van der Waals surface area contributed by atoms with Crippen molar-refractivity contribution in [2.24, 2.45) is 17.1 Å². The molecule has 1 aliphatic heterocycles. The van der Waals surface area contributed by atoms with Crippen molar-refractivity contribution in [2.75, 3.05) is 19.6 Å². The van der Waals surface area contributed by atoms with Gasteiger partial charge in [0.15, 0.2) is 0 Å². The van der Waals surface area contributed by atoms with Gasteiger partial charge in [0.25, 0.3) is 0 Å². The number of rotatable bonds is 3. The molecular weight excluding hydrogens is 172 g/mol. The predicted molar refractivity (Wildman–Crippen MR) is 58.0 cm³/mol. The molecule has 0 radical (unpaired) electrons. The molecule has 0 bridgehead atoms. The van der Waals surface area contributed by atoms with E-state index >= 15 is 0 Å². The second-order valence-electron chi connectivity index (χ2n) is 5.94. The monoisotopic (exact) mass is 194 g/mol. The van der Waals surface area contributed by atoms with Crippen molar-refractivity contribution in [3.8, 4) is 0 Å². The van der Waals surface area contributed by atoms with Crippen LogP contribution in [0.5, 0.6) is 0 Å². The Morgan fingerprint density at radius 1 is 1.21 bits per heavy atom. The molecule has 80 valence electrons. The van der Waals surface area contributed by atoms with Crippen molar-refractivity contribution < 1.29 is 0 Å². The second kappa shape index (κ2) is 3.21. The zero-order valence-electron chi connectivity index (χ0n) is 9.04. The molecule has 2 heteroatoms. The van der Waals surface area contributed by atoms with Gasteiger partial charge in [0.05, 0.1) is 0 Å². The van der Waals surface area contributed by atoms with Gasteiger partial charge >= 0.3 is 0 Å². The fourth-order valence-electron chi connectivity index (χ4n) is 3.29. The number of hydrogen-bond acceptors (Lipinski definition) is 2. The van der Waals surface area contributed by atoms with E-state index in [4.69, 9.17) is 5.73 Å². The minimum atomic E-state index is 0.520. The summed E-state index contributed by atoms with van der Waals surface area (Å²) >= 11 is 0. The average Bonchev–Trinajstić information content (AvgIpc) is 2.79.